The first-order chi connectivity index (χ1) is 12.0. The van der Waals surface area contributed by atoms with E-state index in [4.69, 9.17) is 9.47 Å². The van der Waals surface area contributed by atoms with Crippen LogP contribution in [0.3, 0.4) is 0 Å². The van der Waals surface area contributed by atoms with Gasteiger partial charge in [0.2, 0.25) is 0 Å². The molecule has 1 rings (SSSR count). The number of esters is 1. The van der Waals surface area contributed by atoms with Gasteiger partial charge in [-0.3, -0.25) is 4.79 Å². The maximum Gasteiger partial charge on any atom is 0.333 e. The molecule has 0 bridgehead atoms. The van der Waals surface area contributed by atoms with Crippen LogP contribution in [0.5, 0.6) is 5.75 Å². The Balaban J connectivity index is 3.35. The van der Waals surface area contributed by atoms with Crippen molar-refractivity contribution in [2.24, 2.45) is 0 Å². The number of ketones is 1. The maximum absolute atomic E-state index is 12.3. The van der Waals surface area contributed by atoms with E-state index in [1.165, 1.54) is 14.0 Å². The van der Waals surface area contributed by atoms with Crippen LogP contribution >= 0.6 is 0 Å². The summed E-state index contributed by atoms with van der Waals surface area (Å²) < 4.78 is 10.4. The molecular weight excluding hydrogens is 320 g/mol. The summed E-state index contributed by atoms with van der Waals surface area (Å²) >= 11 is 0. The lowest BCUT2D eigenvalue weighted by atomic mass is 9.84. The zero-order chi connectivity index (χ0) is 18.8. The van der Waals surface area contributed by atoms with Crippen LogP contribution in [-0.4, -0.2) is 25.5 Å². The monoisotopic (exact) mass is 345 g/mol. The minimum atomic E-state index is -0.704. The SMILES string of the molecule is C=CCCC(=O)CC(/C(C(=O)OCC)=C(/C)[O-])c1ccccc1OC. The Labute approximate surface area is 149 Å². The highest BCUT2D eigenvalue weighted by atomic mass is 16.5. The number of methoxy groups -OCH3 is 1. The van der Waals surface area contributed by atoms with Crippen molar-refractivity contribution < 1.29 is 24.2 Å². The number of rotatable bonds is 10. The predicted octanol–water partition coefficient (Wildman–Crippen LogP) is 2.90. The average Bonchev–Trinajstić information content (AvgIpc) is 2.59. The van der Waals surface area contributed by atoms with Crippen LogP contribution in [0, 0.1) is 0 Å². The first-order valence-corrected chi connectivity index (χ1v) is 8.26. The highest BCUT2D eigenvalue weighted by Crippen LogP contribution is 2.36. The van der Waals surface area contributed by atoms with E-state index in [1.54, 1.807) is 37.3 Å². The molecule has 5 nitrogen and oxygen atoms in total. The molecule has 0 aliphatic heterocycles. The fourth-order valence-corrected chi connectivity index (χ4v) is 2.65. The predicted molar refractivity (Wildman–Crippen MR) is 94.1 cm³/mol. The lowest BCUT2D eigenvalue weighted by Gasteiger charge is -2.25. The van der Waals surface area contributed by atoms with Crippen molar-refractivity contribution in [3.05, 3.63) is 53.8 Å². The first-order valence-electron chi connectivity index (χ1n) is 8.26. The normalized spacial score (nSPS) is 12.8. The van der Waals surface area contributed by atoms with Gasteiger partial charge in [-0.05, 0) is 19.4 Å². The van der Waals surface area contributed by atoms with Crippen LogP contribution in [0.1, 0.15) is 44.6 Å². The van der Waals surface area contributed by atoms with Crippen molar-refractivity contribution in [3.8, 4) is 5.75 Å². The summed E-state index contributed by atoms with van der Waals surface area (Å²) in [7, 11) is 1.51. The van der Waals surface area contributed by atoms with Crippen molar-refractivity contribution in [3.63, 3.8) is 0 Å². The molecule has 0 saturated carbocycles. The van der Waals surface area contributed by atoms with Gasteiger partial charge in [-0.15, -0.1) is 12.3 Å². The van der Waals surface area contributed by atoms with Crippen molar-refractivity contribution in [2.45, 2.75) is 39.0 Å². The summed E-state index contributed by atoms with van der Waals surface area (Å²) in [4.78, 5) is 24.7. The van der Waals surface area contributed by atoms with Crippen molar-refractivity contribution >= 4 is 11.8 Å². The second kappa shape index (κ2) is 10.3. The Kier molecular flexibility index (Phi) is 8.47. The third-order valence-electron chi connectivity index (χ3n) is 3.80. The molecule has 0 saturated heterocycles. The molecule has 0 fully saturated rings. The van der Waals surface area contributed by atoms with Gasteiger partial charge in [-0.25, -0.2) is 4.79 Å². The van der Waals surface area contributed by atoms with E-state index < -0.39 is 17.6 Å². The minimum Gasteiger partial charge on any atom is -0.875 e. The van der Waals surface area contributed by atoms with Gasteiger partial charge in [0, 0.05) is 29.9 Å². The molecule has 1 unspecified atom stereocenters. The molecule has 1 aromatic rings. The average molecular weight is 345 g/mol. The van der Waals surface area contributed by atoms with E-state index in [1.807, 2.05) is 0 Å². The molecular formula is C20H25O5-. The van der Waals surface area contributed by atoms with Crippen molar-refractivity contribution in [2.75, 3.05) is 13.7 Å². The van der Waals surface area contributed by atoms with Gasteiger partial charge in [0.05, 0.1) is 13.7 Å². The fourth-order valence-electron chi connectivity index (χ4n) is 2.65. The molecule has 0 aliphatic rings. The quantitative estimate of drug-likeness (QED) is 0.282. The molecule has 0 spiro atoms. The zero-order valence-corrected chi connectivity index (χ0v) is 15.0. The third-order valence-corrected chi connectivity index (χ3v) is 3.80. The summed E-state index contributed by atoms with van der Waals surface area (Å²) in [6.45, 7) is 6.74. The summed E-state index contributed by atoms with van der Waals surface area (Å²) in [6.07, 6.45) is 2.55. The zero-order valence-electron chi connectivity index (χ0n) is 15.0. The number of hydrogen-bond donors (Lipinski definition) is 0. The molecule has 0 aromatic heterocycles. The van der Waals surface area contributed by atoms with Gasteiger partial charge in [0.1, 0.15) is 11.5 Å². The Morgan fingerprint density at radius 3 is 2.56 bits per heavy atom. The largest absolute Gasteiger partial charge is 0.875 e. The van der Waals surface area contributed by atoms with E-state index in [9.17, 15) is 14.7 Å². The van der Waals surface area contributed by atoms with E-state index >= 15 is 0 Å². The van der Waals surface area contributed by atoms with E-state index in [2.05, 4.69) is 6.58 Å². The smallest absolute Gasteiger partial charge is 0.333 e. The van der Waals surface area contributed by atoms with Gasteiger partial charge in [0.15, 0.2) is 0 Å². The van der Waals surface area contributed by atoms with Crippen LogP contribution in [0.4, 0.5) is 0 Å². The number of ether oxygens (including phenoxy) is 2. The number of para-hydroxylation sites is 1. The maximum atomic E-state index is 12.3. The summed E-state index contributed by atoms with van der Waals surface area (Å²) in [6, 6.07) is 7.06. The van der Waals surface area contributed by atoms with Gasteiger partial charge in [-0.2, -0.15) is 0 Å². The molecule has 1 aromatic carbocycles. The topological polar surface area (TPSA) is 75.7 Å². The lowest BCUT2D eigenvalue weighted by Crippen LogP contribution is -2.23. The van der Waals surface area contributed by atoms with Crippen LogP contribution in [0.15, 0.2) is 48.3 Å². The molecule has 0 radical (unpaired) electrons. The summed E-state index contributed by atoms with van der Waals surface area (Å²) in [5, 5.41) is 12.2. The first kappa shape index (κ1) is 20.5. The number of allylic oxidation sites excluding steroid dienone is 2. The molecule has 25 heavy (non-hydrogen) atoms. The Morgan fingerprint density at radius 2 is 2.00 bits per heavy atom. The minimum absolute atomic E-state index is 0.0293. The highest BCUT2D eigenvalue weighted by Gasteiger charge is 2.28. The van der Waals surface area contributed by atoms with Crippen LogP contribution in [0.25, 0.3) is 0 Å². The number of hydrogen-bond acceptors (Lipinski definition) is 5. The van der Waals surface area contributed by atoms with Crippen LogP contribution in [0.2, 0.25) is 0 Å². The Morgan fingerprint density at radius 1 is 1.32 bits per heavy atom. The summed E-state index contributed by atoms with van der Waals surface area (Å²) in [5.74, 6) is -1.34. The van der Waals surface area contributed by atoms with Crippen molar-refractivity contribution in [1.29, 1.82) is 0 Å². The second-order valence-corrected chi connectivity index (χ2v) is 5.56. The van der Waals surface area contributed by atoms with Crippen LogP contribution < -0.4 is 9.84 Å². The number of carbonyl (C=O) groups excluding carboxylic acids is 2. The van der Waals surface area contributed by atoms with E-state index in [-0.39, 0.29) is 24.4 Å². The molecule has 0 aliphatic carbocycles. The fraction of sp³-hybridized carbons (Fsp3) is 0.400. The standard InChI is InChI=1S/C20H26O5/c1-5-7-10-15(22)13-17(16-11-8-9-12-18(16)24-4)19(14(3)21)20(23)25-6-2/h5,8-9,11-12,17,21H,1,6-7,10,13H2,2-4H3/p-1/b19-14+. The molecule has 0 N–H and O–H groups in total. The lowest BCUT2D eigenvalue weighted by molar-refractivity contribution is -0.303. The molecule has 0 amide bonds. The number of carbonyl (C=O) groups is 2. The van der Waals surface area contributed by atoms with Gasteiger partial charge < -0.3 is 14.6 Å². The molecule has 5 heteroatoms. The molecule has 0 heterocycles. The number of benzene rings is 1. The third kappa shape index (κ3) is 5.78. The Hall–Kier alpha value is -2.56. The second-order valence-electron chi connectivity index (χ2n) is 5.56. The van der Waals surface area contributed by atoms with Gasteiger partial charge in [0.25, 0.3) is 0 Å². The summed E-state index contributed by atoms with van der Waals surface area (Å²) in [5.41, 5.74) is 0.591. The van der Waals surface area contributed by atoms with Crippen LogP contribution in [-0.2, 0) is 14.3 Å². The number of Topliss-reactive ketones (excluding diaryl/α,β-unsaturated/α-hetero) is 1. The van der Waals surface area contributed by atoms with Crippen molar-refractivity contribution in [1.82, 2.24) is 0 Å². The highest BCUT2D eigenvalue weighted by molar-refractivity contribution is 5.92. The molecule has 136 valence electrons. The van der Waals surface area contributed by atoms with E-state index in [0.29, 0.717) is 24.2 Å². The Bertz CT molecular complexity index is 641. The van der Waals surface area contributed by atoms with E-state index in [0.717, 1.165) is 0 Å². The van der Waals surface area contributed by atoms with Gasteiger partial charge in [-0.1, -0.05) is 31.2 Å². The van der Waals surface area contributed by atoms with Gasteiger partial charge >= 0.3 is 5.97 Å². The molecule has 1 atom stereocenters.